The summed E-state index contributed by atoms with van der Waals surface area (Å²) in [6, 6.07) is 1.93. The van der Waals surface area contributed by atoms with Crippen LogP contribution in [-0.4, -0.2) is 59.3 Å². The van der Waals surface area contributed by atoms with Crippen molar-refractivity contribution in [2.24, 2.45) is 0 Å². The summed E-state index contributed by atoms with van der Waals surface area (Å²) in [6.07, 6.45) is 5.97. The van der Waals surface area contributed by atoms with Gasteiger partial charge in [-0.15, -0.1) is 0 Å². The standard InChI is InChI=1S/C13H22N4O/c1-16(2)10-13(18)5-3-8-17(9-6-13)12-4-7-14-11-15-12/h4,7,11,18H,3,5-6,8-10H2,1-2H3. The number of aliphatic hydroxyl groups is 1. The summed E-state index contributed by atoms with van der Waals surface area (Å²) in [5, 5.41) is 10.6. The van der Waals surface area contributed by atoms with Crippen molar-refractivity contribution < 1.29 is 5.11 Å². The normalized spacial score (nSPS) is 25.2. The van der Waals surface area contributed by atoms with Crippen LogP contribution in [0.1, 0.15) is 19.3 Å². The number of hydrogen-bond donors (Lipinski definition) is 1. The van der Waals surface area contributed by atoms with Crippen LogP contribution in [0.25, 0.3) is 0 Å². The van der Waals surface area contributed by atoms with Crippen molar-refractivity contribution in [2.75, 3.05) is 38.6 Å². The maximum atomic E-state index is 10.6. The van der Waals surface area contributed by atoms with Crippen LogP contribution in [0.15, 0.2) is 18.6 Å². The highest BCUT2D eigenvalue weighted by molar-refractivity contribution is 5.36. The molecule has 1 aromatic rings. The minimum Gasteiger partial charge on any atom is -0.388 e. The summed E-state index contributed by atoms with van der Waals surface area (Å²) < 4.78 is 0. The lowest BCUT2D eigenvalue weighted by Crippen LogP contribution is -2.41. The molecule has 0 spiro atoms. The van der Waals surface area contributed by atoms with Crippen LogP contribution in [0.3, 0.4) is 0 Å². The zero-order valence-electron chi connectivity index (χ0n) is 11.2. The number of likely N-dealkylation sites (N-methyl/N-ethyl adjacent to an activating group) is 1. The van der Waals surface area contributed by atoms with Gasteiger partial charge < -0.3 is 14.9 Å². The highest BCUT2D eigenvalue weighted by Gasteiger charge is 2.30. The molecule has 0 amide bonds. The van der Waals surface area contributed by atoms with Gasteiger partial charge in [-0.2, -0.15) is 0 Å². The van der Waals surface area contributed by atoms with Crippen LogP contribution < -0.4 is 4.90 Å². The summed E-state index contributed by atoms with van der Waals surface area (Å²) in [5.74, 6) is 0.958. The molecule has 1 atom stereocenters. The molecule has 1 aliphatic rings. The Morgan fingerprint density at radius 2 is 2.22 bits per heavy atom. The molecule has 100 valence electrons. The Bertz CT molecular complexity index is 371. The number of hydrogen-bond acceptors (Lipinski definition) is 5. The molecule has 1 unspecified atom stereocenters. The van der Waals surface area contributed by atoms with E-state index in [2.05, 4.69) is 19.8 Å². The first-order valence-electron chi connectivity index (χ1n) is 6.47. The molecular formula is C13H22N4O. The molecule has 0 saturated carbocycles. The Labute approximate surface area is 108 Å². The van der Waals surface area contributed by atoms with Gasteiger partial charge in [-0.25, -0.2) is 9.97 Å². The monoisotopic (exact) mass is 250 g/mol. The molecule has 2 heterocycles. The Morgan fingerprint density at radius 3 is 2.89 bits per heavy atom. The second-order valence-corrected chi connectivity index (χ2v) is 5.37. The lowest BCUT2D eigenvalue weighted by molar-refractivity contribution is 0.00537. The van der Waals surface area contributed by atoms with Crippen molar-refractivity contribution >= 4 is 5.82 Å². The Kier molecular flexibility index (Phi) is 4.14. The van der Waals surface area contributed by atoms with E-state index >= 15 is 0 Å². The quantitative estimate of drug-likeness (QED) is 0.858. The van der Waals surface area contributed by atoms with Gasteiger partial charge in [0.05, 0.1) is 5.60 Å². The van der Waals surface area contributed by atoms with E-state index in [1.165, 1.54) is 0 Å². The number of aromatic nitrogens is 2. The predicted molar refractivity (Wildman–Crippen MR) is 71.6 cm³/mol. The summed E-state index contributed by atoms with van der Waals surface area (Å²) >= 11 is 0. The van der Waals surface area contributed by atoms with Gasteiger partial charge in [0.1, 0.15) is 12.1 Å². The van der Waals surface area contributed by atoms with Gasteiger partial charge in [0.15, 0.2) is 0 Å². The van der Waals surface area contributed by atoms with Gasteiger partial charge >= 0.3 is 0 Å². The molecule has 5 nitrogen and oxygen atoms in total. The first-order chi connectivity index (χ1) is 8.59. The fraction of sp³-hybridized carbons (Fsp3) is 0.692. The van der Waals surface area contributed by atoms with E-state index in [9.17, 15) is 5.11 Å². The van der Waals surface area contributed by atoms with Crippen LogP contribution in [0.4, 0.5) is 5.82 Å². The number of rotatable bonds is 3. The predicted octanol–water partition coefficient (Wildman–Crippen LogP) is 0.760. The van der Waals surface area contributed by atoms with Gasteiger partial charge in [0.2, 0.25) is 0 Å². The third-order valence-corrected chi connectivity index (χ3v) is 3.42. The second-order valence-electron chi connectivity index (χ2n) is 5.37. The molecular weight excluding hydrogens is 228 g/mol. The van der Waals surface area contributed by atoms with Crippen molar-refractivity contribution in [3.63, 3.8) is 0 Å². The molecule has 2 rings (SSSR count). The van der Waals surface area contributed by atoms with E-state index in [-0.39, 0.29) is 0 Å². The van der Waals surface area contributed by atoms with Crippen molar-refractivity contribution in [3.05, 3.63) is 18.6 Å². The molecule has 0 aliphatic carbocycles. The molecule has 0 radical (unpaired) electrons. The molecule has 1 fully saturated rings. The van der Waals surface area contributed by atoms with E-state index in [4.69, 9.17) is 0 Å². The summed E-state index contributed by atoms with van der Waals surface area (Å²) in [4.78, 5) is 12.5. The molecule has 1 saturated heterocycles. The van der Waals surface area contributed by atoms with Crippen LogP contribution in [-0.2, 0) is 0 Å². The highest BCUT2D eigenvalue weighted by atomic mass is 16.3. The molecule has 5 heteroatoms. The molecule has 0 bridgehead atoms. The van der Waals surface area contributed by atoms with E-state index < -0.39 is 5.60 Å². The smallest absolute Gasteiger partial charge is 0.131 e. The van der Waals surface area contributed by atoms with E-state index in [0.29, 0.717) is 0 Å². The zero-order valence-corrected chi connectivity index (χ0v) is 11.2. The van der Waals surface area contributed by atoms with Gasteiger partial charge in [-0.05, 0) is 39.4 Å². The largest absolute Gasteiger partial charge is 0.388 e. The van der Waals surface area contributed by atoms with Crippen molar-refractivity contribution in [2.45, 2.75) is 24.9 Å². The maximum absolute atomic E-state index is 10.6. The zero-order chi connectivity index (χ0) is 13.0. The summed E-state index contributed by atoms with van der Waals surface area (Å²) in [6.45, 7) is 2.53. The average Bonchev–Trinajstić information content (AvgIpc) is 2.51. The number of nitrogens with zero attached hydrogens (tertiary/aromatic N) is 4. The SMILES string of the molecule is CN(C)CC1(O)CCCN(c2ccncn2)CC1. The second kappa shape index (κ2) is 5.63. The molecule has 1 N–H and O–H groups in total. The fourth-order valence-corrected chi connectivity index (χ4v) is 2.63. The highest BCUT2D eigenvalue weighted by Crippen LogP contribution is 2.25. The van der Waals surface area contributed by atoms with Gasteiger partial charge in [0, 0.05) is 25.8 Å². The fourth-order valence-electron chi connectivity index (χ4n) is 2.63. The Hall–Kier alpha value is -1.20. The van der Waals surface area contributed by atoms with E-state index in [1.807, 2.05) is 20.2 Å². The first-order valence-corrected chi connectivity index (χ1v) is 6.47. The third kappa shape index (κ3) is 3.40. The Balaban J connectivity index is 2.00. The molecule has 18 heavy (non-hydrogen) atoms. The van der Waals surface area contributed by atoms with Crippen molar-refractivity contribution in [1.82, 2.24) is 14.9 Å². The van der Waals surface area contributed by atoms with E-state index in [0.717, 1.165) is 44.7 Å². The van der Waals surface area contributed by atoms with Crippen molar-refractivity contribution in [1.29, 1.82) is 0 Å². The van der Waals surface area contributed by atoms with Gasteiger partial charge in [0.25, 0.3) is 0 Å². The summed E-state index contributed by atoms with van der Waals surface area (Å²) in [7, 11) is 4.01. The van der Waals surface area contributed by atoms with Gasteiger partial charge in [-0.3, -0.25) is 0 Å². The average molecular weight is 250 g/mol. The van der Waals surface area contributed by atoms with Crippen LogP contribution in [0.5, 0.6) is 0 Å². The van der Waals surface area contributed by atoms with E-state index in [1.54, 1.807) is 12.5 Å². The molecule has 1 aromatic heterocycles. The lowest BCUT2D eigenvalue weighted by Gasteiger charge is -2.30. The van der Waals surface area contributed by atoms with Crippen LogP contribution in [0, 0.1) is 0 Å². The van der Waals surface area contributed by atoms with Crippen LogP contribution in [0.2, 0.25) is 0 Å². The summed E-state index contributed by atoms with van der Waals surface area (Å²) in [5.41, 5.74) is -0.564. The minimum atomic E-state index is -0.564. The van der Waals surface area contributed by atoms with Crippen LogP contribution >= 0.6 is 0 Å². The first kappa shape index (κ1) is 13.2. The minimum absolute atomic E-state index is 0.564. The molecule has 0 aromatic carbocycles. The maximum Gasteiger partial charge on any atom is 0.131 e. The Morgan fingerprint density at radius 1 is 1.39 bits per heavy atom. The third-order valence-electron chi connectivity index (χ3n) is 3.42. The molecule has 1 aliphatic heterocycles. The van der Waals surface area contributed by atoms with Gasteiger partial charge in [-0.1, -0.05) is 0 Å². The topological polar surface area (TPSA) is 52.5 Å². The lowest BCUT2D eigenvalue weighted by atomic mass is 9.94. The number of anilines is 1. The van der Waals surface area contributed by atoms with Crippen molar-refractivity contribution in [3.8, 4) is 0 Å².